The molecule has 0 atom stereocenters. The SMILES string of the molecule is O=C(CN1CCN(Cc2nc(-c3ccccc3)co2)CC1)NCCc1ccccc1. The van der Waals surface area contributed by atoms with Crippen molar-refractivity contribution in [2.45, 2.75) is 13.0 Å². The van der Waals surface area contributed by atoms with Gasteiger partial charge in [0, 0.05) is 38.3 Å². The molecule has 1 fully saturated rings. The molecule has 1 aromatic heterocycles. The van der Waals surface area contributed by atoms with Gasteiger partial charge in [0.25, 0.3) is 0 Å². The van der Waals surface area contributed by atoms with Crippen LogP contribution < -0.4 is 5.32 Å². The summed E-state index contributed by atoms with van der Waals surface area (Å²) in [6.07, 6.45) is 2.59. The van der Waals surface area contributed by atoms with Crippen LogP contribution in [0.2, 0.25) is 0 Å². The van der Waals surface area contributed by atoms with E-state index in [2.05, 4.69) is 32.2 Å². The summed E-state index contributed by atoms with van der Waals surface area (Å²) in [6.45, 7) is 5.39. The molecule has 2 heterocycles. The number of nitrogens with zero attached hydrogens (tertiary/aromatic N) is 3. The zero-order valence-corrected chi connectivity index (χ0v) is 17.2. The maximum atomic E-state index is 12.2. The lowest BCUT2D eigenvalue weighted by Crippen LogP contribution is -2.49. The van der Waals surface area contributed by atoms with E-state index in [1.807, 2.05) is 48.5 Å². The van der Waals surface area contributed by atoms with Crippen molar-refractivity contribution in [1.82, 2.24) is 20.1 Å². The van der Waals surface area contributed by atoms with Gasteiger partial charge in [0.1, 0.15) is 12.0 Å². The molecule has 1 amide bonds. The number of nitrogens with one attached hydrogen (secondary N) is 1. The molecule has 1 saturated heterocycles. The topological polar surface area (TPSA) is 61.6 Å². The van der Waals surface area contributed by atoms with Gasteiger partial charge < -0.3 is 9.73 Å². The van der Waals surface area contributed by atoms with Crippen molar-refractivity contribution in [2.75, 3.05) is 39.3 Å². The first-order valence-corrected chi connectivity index (χ1v) is 10.5. The Balaban J connectivity index is 1.16. The highest BCUT2D eigenvalue weighted by Gasteiger charge is 2.20. The molecule has 0 unspecified atom stereocenters. The molecule has 156 valence electrons. The van der Waals surface area contributed by atoms with E-state index in [4.69, 9.17) is 4.42 Å². The van der Waals surface area contributed by atoms with E-state index in [0.29, 0.717) is 19.6 Å². The molecule has 0 aliphatic carbocycles. The number of hydrogen-bond acceptors (Lipinski definition) is 5. The lowest BCUT2D eigenvalue weighted by atomic mass is 10.1. The second-order valence-corrected chi connectivity index (χ2v) is 7.63. The number of carbonyl (C=O) groups excluding carboxylic acids is 1. The number of aromatic nitrogens is 1. The molecule has 4 rings (SSSR count). The van der Waals surface area contributed by atoms with E-state index in [1.54, 1.807) is 6.26 Å². The van der Waals surface area contributed by atoms with Gasteiger partial charge in [-0.2, -0.15) is 0 Å². The molecule has 3 aromatic rings. The summed E-state index contributed by atoms with van der Waals surface area (Å²) in [5, 5.41) is 3.03. The molecule has 0 saturated carbocycles. The van der Waals surface area contributed by atoms with Crippen LogP contribution in [0.1, 0.15) is 11.5 Å². The van der Waals surface area contributed by atoms with Crippen LogP contribution in [0.5, 0.6) is 0 Å². The van der Waals surface area contributed by atoms with Gasteiger partial charge >= 0.3 is 0 Å². The monoisotopic (exact) mass is 404 g/mol. The fourth-order valence-electron chi connectivity index (χ4n) is 3.67. The molecular weight excluding hydrogens is 376 g/mol. The smallest absolute Gasteiger partial charge is 0.234 e. The van der Waals surface area contributed by atoms with Crippen LogP contribution in [-0.2, 0) is 17.8 Å². The van der Waals surface area contributed by atoms with Crippen molar-refractivity contribution in [2.24, 2.45) is 0 Å². The summed E-state index contributed by atoms with van der Waals surface area (Å²) < 4.78 is 5.66. The Morgan fingerprint density at radius 1 is 0.933 bits per heavy atom. The van der Waals surface area contributed by atoms with Crippen molar-refractivity contribution >= 4 is 5.91 Å². The minimum Gasteiger partial charge on any atom is -0.447 e. The van der Waals surface area contributed by atoms with Gasteiger partial charge in [-0.15, -0.1) is 0 Å². The highest BCUT2D eigenvalue weighted by Crippen LogP contribution is 2.19. The zero-order valence-electron chi connectivity index (χ0n) is 17.2. The van der Waals surface area contributed by atoms with Crippen LogP contribution in [0.3, 0.4) is 0 Å². The predicted octanol–water partition coefficient (Wildman–Crippen LogP) is 2.82. The third-order valence-corrected chi connectivity index (χ3v) is 5.39. The summed E-state index contributed by atoms with van der Waals surface area (Å²) in [5.41, 5.74) is 3.18. The van der Waals surface area contributed by atoms with Crippen LogP contribution in [-0.4, -0.2) is 60.0 Å². The van der Waals surface area contributed by atoms with E-state index < -0.39 is 0 Å². The van der Waals surface area contributed by atoms with Crippen LogP contribution in [0.25, 0.3) is 11.3 Å². The number of oxazole rings is 1. The lowest BCUT2D eigenvalue weighted by Gasteiger charge is -2.33. The number of carbonyl (C=O) groups is 1. The largest absolute Gasteiger partial charge is 0.447 e. The number of rotatable bonds is 8. The Hall–Kier alpha value is -2.96. The van der Waals surface area contributed by atoms with Crippen molar-refractivity contribution < 1.29 is 9.21 Å². The molecular formula is C24H28N4O2. The maximum Gasteiger partial charge on any atom is 0.234 e. The Labute approximate surface area is 177 Å². The first-order chi connectivity index (χ1) is 14.8. The zero-order chi connectivity index (χ0) is 20.6. The average molecular weight is 405 g/mol. The van der Waals surface area contributed by atoms with E-state index in [0.717, 1.165) is 49.7 Å². The Morgan fingerprint density at radius 2 is 1.60 bits per heavy atom. The molecule has 6 nitrogen and oxygen atoms in total. The molecule has 0 bridgehead atoms. The molecule has 2 aromatic carbocycles. The number of piperazine rings is 1. The Bertz CT molecular complexity index is 919. The summed E-state index contributed by atoms with van der Waals surface area (Å²) in [5.74, 6) is 0.834. The average Bonchev–Trinajstić information content (AvgIpc) is 3.25. The van der Waals surface area contributed by atoms with Gasteiger partial charge in [0.2, 0.25) is 11.8 Å². The highest BCUT2D eigenvalue weighted by molar-refractivity contribution is 5.78. The maximum absolute atomic E-state index is 12.2. The normalized spacial score (nSPS) is 15.2. The van der Waals surface area contributed by atoms with Crippen LogP contribution in [0.4, 0.5) is 0 Å². The highest BCUT2D eigenvalue weighted by atomic mass is 16.3. The van der Waals surface area contributed by atoms with Gasteiger partial charge in [-0.25, -0.2) is 4.98 Å². The van der Waals surface area contributed by atoms with E-state index in [1.165, 1.54) is 5.56 Å². The Kier molecular flexibility index (Phi) is 6.90. The summed E-state index contributed by atoms with van der Waals surface area (Å²) in [7, 11) is 0. The predicted molar refractivity (Wildman–Crippen MR) is 117 cm³/mol. The van der Waals surface area contributed by atoms with E-state index in [9.17, 15) is 4.79 Å². The molecule has 1 aliphatic rings. The molecule has 30 heavy (non-hydrogen) atoms. The number of benzene rings is 2. The first-order valence-electron chi connectivity index (χ1n) is 10.5. The summed E-state index contributed by atoms with van der Waals surface area (Å²) in [6, 6.07) is 20.3. The standard InChI is InChI=1S/C24H28N4O2/c29-23(25-12-11-20-7-3-1-4-8-20)17-27-13-15-28(16-14-27)18-24-26-22(19-30-24)21-9-5-2-6-10-21/h1-10,19H,11-18H2,(H,25,29). The third-order valence-electron chi connectivity index (χ3n) is 5.39. The minimum absolute atomic E-state index is 0.0968. The van der Waals surface area contributed by atoms with Gasteiger partial charge in [0.15, 0.2) is 0 Å². The molecule has 0 radical (unpaired) electrons. The summed E-state index contributed by atoms with van der Waals surface area (Å²) in [4.78, 5) is 21.4. The number of hydrogen-bond donors (Lipinski definition) is 1. The van der Waals surface area contributed by atoms with E-state index >= 15 is 0 Å². The second kappa shape index (κ2) is 10.2. The van der Waals surface area contributed by atoms with Crippen molar-refractivity contribution in [3.8, 4) is 11.3 Å². The third kappa shape index (κ3) is 5.78. The van der Waals surface area contributed by atoms with Gasteiger partial charge in [-0.05, 0) is 12.0 Å². The molecule has 0 spiro atoms. The van der Waals surface area contributed by atoms with Crippen LogP contribution in [0, 0.1) is 0 Å². The minimum atomic E-state index is 0.0968. The fraction of sp³-hybridized carbons (Fsp3) is 0.333. The van der Waals surface area contributed by atoms with Crippen molar-refractivity contribution in [1.29, 1.82) is 0 Å². The van der Waals surface area contributed by atoms with Crippen LogP contribution >= 0.6 is 0 Å². The quantitative estimate of drug-likeness (QED) is 0.626. The van der Waals surface area contributed by atoms with Gasteiger partial charge in [0.05, 0.1) is 13.1 Å². The summed E-state index contributed by atoms with van der Waals surface area (Å²) >= 11 is 0. The molecule has 1 N–H and O–H groups in total. The molecule has 1 aliphatic heterocycles. The lowest BCUT2D eigenvalue weighted by molar-refractivity contribution is -0.122. The first kappa shape index (κ1) is 20.3. The van der Waals surface area contributed by atoms with Gasteiger partial charge in [-0.3, -0.25) is 14.6 Å². The number of amides is 1. The van der Waals surface area contributed by atoms with Crippen molar-refractivity contribution in [3.63, 3.8) is 0 Å². The second-order valence-electron chi connectivity index (χ2n) is 7.63. The Morgan fingerprint density at radius 3 is 2.33 bits per heavy atom. The van der Waals surface area contributed by atoms with Gasteiger partial charge in [-0.1, -0.05) is 60.7 Å². The van der Waals surface area contributed by atoms with E-state index in [-0.39, 0.29) is 5.91 Å². The van der Waals surface area contributed by atoms with Crippen LogP contribution in [0.15, 0.2) is 71.3 Å². The fourth-order valence-corrected chi connectivity index (χ4v) is 3.67. The van der Waals surface area contributed by atoms with Crippen molar-refractivity contribution in [3.05, 3.63) is 78.4 Å². The molecule has 6 heteroatoms.